The molecular formula is C17H24N4O2. The largest absolute Gasteiger partial charge is 0.480 e. The fourth-order valence-electron chi connectivity index (χ4n) is 2.45. The highest BCUT2D eigenvalue weighted by atomic mass is 16.4. The number of nitrogens with one attached hydrogen (secondary N) is 1. The normalized spacial score (nSPS) is 12.8. The van der Waals surface area contributed by atoms with E-state index in [1.807, 2.05) is 57.1 Å². The molecule has 6 heteroatoms. The minimum atomic E-state index is -0.865. The minimum Gasteiger partial charge on any atom is -0.480 e. The lowest BCUT2D eigenvalue weighted by Gasteiger charge is -2.19. The molecule has 1 atom stereocenters. The number of anilines is 1. The molecule has 0 aliphatic heterocycles. The van der Waals surface area contributed by atoms with Crippen molar-refractivity contribution in [3.63, 3.8) is 0 Å². The van der Waals surface area contributed by atoms with Crippen molar-refractivity contribution >= 4 is 22.7 Å². The predicted molar refractivity (Wildman–Crippen MR) is 91.4 cm³/mol. The van der Waals surface area contributed by atoms with Crippen LogP contribution in [0.15, 0.2) is 24.3 Å². The van der Waals surface area contributed by atoms with E-state index in [1.165, 1.54) is 0 Å². The third-order valence-electron chi connectivity index (χ3n) is 3.42. The molecule has 124 valence electrons. The third-order valence-corrected chi connectivity index (χ3v) is 3.42. The summed E-state index contributed by atoms with van der Waals surface area (Å²) in [6.45, 7) is 4.61. The number of aliphatic carboxylic acids is 1. The van der Waals surface area contributed by atoms with E-state index in [4.69, 9.17) is 0 Å². The molecule has 1 aromatic heterocycles. The van der Waals surface area contributed by atoms with E-state index in [9.17, 15) is 9.90 Å². The Labute approximate surface area is 136 Å². The highest BCUT2D eigenvalue weighted by molar-refractivity contribution is 5.90. The van der Waals surface area contributed by atoms with E-state index in [0.29, 0.717) is 24.6 Å². The molecule has 2 aromatic rings. The summed E-state index contributed by atoms with van der Waals surface area (Å²) in [6, 6.07) is 6.98. The Kier molecular flexibility index (Phi) is 5.50. The number of fused-ring (bicyclic) bond motifs is 1. The number of nitrogens with zero attached hydrogens (tertiary/aromatic N) is 3. The molecule has 0 bridgehead atoms. The molecule has 2 rings (SSSR count). The zero-order chi connectivity index (χ0) is 17.0. The number of benzene rings is 1. The van der Waals surface area contributed by atoms with Crippen LogP contribution in [-0.4, -0.2) is 46.1 Å². The zero-order valence-electron chi connectivity index (χ0n) is 14.1. The summed E-state index contributed by atoms with van der Waals surface area (Å²) in [4.78, 5) is 22.6. The molecule has 0 fully saturated rings. The van der Waals surface area contributed by atoms with Crippen molar-refractivity contribution in [3.8, 4) is 0 Å². The molecule has 0 radical (unpaired) electrons. The van der Waals surface area contributed by atoms with E-state index in [0.717, 1.165) is 10.9 Å². The average Bonchev–Trinajstić information content (AvgIpc) is 2.45. The van der Waals surface area contributed by atoms with Gasteiger partial charge >= 0.3 is 5.97 Å². The van der Waals surface area contributed by atoms with Gasteiger partial charge in [0.05, 0.1) is 12.1 Å². The van der Waals surface area contributed by atoms with Gasteiger partial charge in [-0.25, -0.2) is 14.8 Å². The summed E-state index contributed by atoms with van der Waals surface area (Å²) in [6.07, 6.45) is 0.538. The maximum absolute atomic E-state index is 11.5. The number of carbonyl (C=O) groups is 1. The van der Waals surface area contributed by atoms with Crippen molar-refractivity contribution < 1.29 is 9.90 Å². The molecular weight excluding hydrogens is 292 g/mol. The highest BCUT2D eigenvalue weighted by Crippen LogP contribution is 2.22. The molecule has 1 heterocycles. The van der Waals surface area contributed by atoms with Gasteiger partial charge in [0.1, 0.15) is 17.7 Å². The van der Waals surface area contributed by atoms with Crippen LogP contribution >= 0.6 is 0 Å². The second-order valence-electron chi connectivity index (χ2n) is 6.41. The second kappa shape index (κ2) is 7.37. The van der Waals surface area contributed by atoms with E-state index >= 15 is 0 Å². The van der Waals surface area contributed by atoms with E-state index in [1.54, 1.807) is 0 Å². The Hall–Kier alpha value is -2.21. The molecule has 0 aliphatic carbocycles. The molecule has 23 heavy (non-hydrogen) atoms. The summed E-state index contributed by atoms with van der Waals surface area (Å²) in [7, 11) is 3.90. The Morgan fingerprint density at radius 3 is 2.57 bits per heavy atom. The van der Waals surface area contributed by atoms with Gasteiger partial charge in [0.25, 0.3) is 0 Å². The van der Waals surface area contributed by atoms with Gasteiger partial charge in [-0.2, -0.15) is 0 Å². The van der Waals surface area contributed by atoms with Gasteiger partial charge in [-0.1, -0.05) is 26.0 Å². The van der Waals surface area contributed by atoms with Crippen LogP contribution in [0.4, 0.5) is 5.82 Å². The first kappa shape index (κ1) is 17.1. The highest BCUT2D eigenvalue weighted by Gasteiger charge is 2.20. The van der Waals surface area contributed by atoms with Gasteiger partial charge in [-0.05, 0) is 38.6 Å². The van der Waals surface area contributed by atoms with Crippen molar-refractivity contribution in [1.82, 2.24) is 14.9 Å². The third kappa shape index (κ3) is 4.63. The lowest BCUT2D eigenvalue weighted by molar-refractivity contribution is -0.138. The summed E-state index contributed by atoms with van der Waals surface area (Å²) in [5.41, 5.74) is 0.815. The van der Waals surface area contributed by atoms with Crippen LogP contribution in [-0.2, 0) is 11.3 Å². The monoisotopic (exact) mass is 316 g/mol. The van der Waals surface area contributed by atoms with Gasteiger partial charge in [0.15, 0.2) is 0 Å². The van der Waals surface area contributed by atoms with Gasteiger partial charge in [-0.15, -0.1) is 0 Å². The molecule has 6 nitrogen and oxygen atoms in total. The molecule has 0 amide bonds. The number of carboxylic acids is 1. The summed E-state index contributed by atoms with van der Waals surface area (Å²) in [5.74, 6) is 0.666. The fraction of sp³-hybridized carbons (Fsp3) is 0.471. The van der Waals surface area contributed by atoms with Crippen LogP contribution in [0.25, 0.3) is 10.9 Å². The van der Waals surface area contributed by atoms with Gasteiger partial charge in [-0.3, -0.25) is 0 Å². The molecule has 1 aromatic carbocycles. The smallest absolute Gasteiger partial charge is 0.326 e. The quantitative estimate of drug-likeness (QED) is 0.817. The van der Waals surface area contributed by atoms with Crippen molar-refractivity contribution in [2.75, 3.05) is 19.4 Å². The van der Waals surface area contributed by atoms with Gasteiger partial charge < -0.3 is 15.3 Å². The molecule has 2 N–H and O–H groups in total. The van der Waals surface area contributed by atoms with Crippen molar-refractivity contribution in [2.45, 2.75) is 32.9 Å². The lowest BCUT2D eigenvalue weighted by Crippen LogP contribution is -2.31. The van der Waals surface area contributed by atoms with Crippen LogP contribution in [0, 0.1) is 5.92 Å². The Morgan fingerprint density at radius 2 is 1.96 bits per heavy atom. The van der Waals surface area contributed by atoms with E-state index in [-0.39, 0.29) is 5.92 Å². The van der Waals surface area contributed by atoms with Crippen LogP contribution in [0.2, 0.25) is 0 Å². The molecule has 1 unspecified atom stereocenters. The molecule has 0 aliphatic rings. The lowest BCUT2D eigenvalue weighted by atomic mass is 10.0. The van der Waals surface area contributed by atoms with Crippen LogP contribution in [0.1, 0.15) is 26.1 Å². The van der Waals surface area contributed by atoms with E-state index < -0.39 is 12.0 Å². The number of hydrogen-bond acceptors (Lipinski definition) is 5. The summed E-state index contributed by atoms with van der Waals surface area (Å²) >= 11 is 0. The molecule has 0 saturated carbocycles. The summed E-state index contributed by atoms with van der Waals surface area (Å²) < 4.78 is 0. The maximum atomic E-state index is 11.5. The van der Waals surface area contributed by atoms with Crippen molar-refractivity contribution in [3.05, 3.63) is 30.1 Å². The first-order valence-electron chi connectivity index (χ1n) is 7.76. The van der Waals surface area contributed by atoms with Gasteiger partial charge in [0.2, 0.25) is 0 Å². The number of rotatable bonds is 7. The topological polar surface area (TPSA) is 78.4 Å². The van der Waals surface area contributed by atoms with Gasteiger partial charge in [0, 0.05) is 5.39 Å². The standard InChI is InChI=1S/C17H24N4O2/c1-11(2)9-14(17(22)23)19-16-12-7-5-6-8-13(12)18-15(20-16)10-21(3)4/h5-8,11,14H,9-10H2,1-4H3,(H,22,23)(H,18,19,20). The Balaban J connectivity index is 2.42. The average molecular weight is 316 g/mol. The number of para-hydroxylation sites is 1. The van der Waals surface area contributed by atoms with Crippen LogP contribution in [0.3, 0.4) is 0 Å². The first-order valence-corrected chi connectivity index (χ1v) is 7.76. The molecule has 0 saturated heterocycles. The minimum absolute atomic E-state index is 0.276. The number of carboxylic acid groups (broad SMARTS) is 1. The van der Waals surface area contributed by atoms with Crippen molar-refractivity contribution in [1.29, 1.82) is 0 Å². The Morgan fingerprint density at radius 1 is 1.26 bits per heavy atom. The first-order chi connectivity index (χ1) is 10.9. The second-order valence-corrected chi connectivity index (χ2v) is 6.41. The Bertz CT molecular complexity index is 685. The number of aromatic nitrogens is 2. The maximum Gasteiger partial charge on any atom is 0.326 e. The van der Waals surface area contributed by atoms with E-state index in [2.05, 4.69) is 15.3 Å². The SMILES string of the molecule is CC(C)CC(Nc1nc(CN(C)C)nc2ccccc12)C(=O)O. The predicted octanol–water partition coefficient (Wildman–Crippen LogP) is 2.60. The van der Waals surface area contributed by atoms with Crippen LogP contribution in [0.5, 0.6) is 0 Å². The van der Waals surface area contributed by atoms with Crippen molar-refractivity contribution in [2.24, 2.45) is 5.92 Å². The fourth-order valence-corrected chi connectivity index (χ4v) is 2.45. The number of hydrogen-bond donors (Lipinski definition) is 2. The molecule has 0 spiro atoms. The summed E-state index contributed by atoms with van der Waals surface area (Å²) in [5, 5.41) is 13.4. The zero-order valence-corrected chi connectivity index (χ0v) is 14.1. The van der Waals surface area contributed by atoms with Crippen LogP contribution < -0.4 is 5.32 Å².